The molecule has 0 saturated carbocycles. The zero-order valence-corrected chi connectivity index (χ0v) is 11.8. The summed E-state index contributed by atoms with van der Waals surface area (Å²) < 4.78 is 4.78. The van der Waals surface area contributed by atoms with Gasteiger partial charge in [0.05, 0.1) is 19.0 Å². The summed E-state index contributed by atoms with van der Waals surface area (Å²) in [6.45, 7) is 0. The summed E-state index contributed by atoms with van der Waals surface area (Å²) >= 11 is 0. The first-order valence-electron chi connectivity index (χ1n) is 6.84. The molecule has 0 amide bonds. The van der Waals surface area contributed by atoms with Gasteiger partial charge in [0, 0.05) is 6.04 Å². The number of hydrogen-bond donors (Lipinski definition) is 2. The van der Waals surface area contributed by atoms with Crippen LogP contribution in [0.25, 0.3) is 0 Å². The second-order valence-electron chi connectivity index (χ2n) is 5.17. The molecule has 0 fully saturated rings. The van der Waals surface area contributed by atoms with Gasteiger partial charge in [0.25, 0.3) is 0 Å². The average molecular weight is 283 g/mol. The van der Waals surface area contributed by atoms with Crippen molar-refractivity contribution in [2.45, 2.75) is 18.9 Å². The fourth-order valence-electron chi connectivity index (χ4n) is 2.72. The van der Waals surface area contributed by atoms with E-state index in [-0.39, 0.29) is 6.04 Å². The summed E-state index contributed by atoms with van der Waals surface area (Å²) in [6, 6.07) is 10.2. The van der Waals surface area contributed by atoms with Crippen LogP contribution in [-0.4, -0.2) is 24.1 Å². The Bertz CT molecular complexity index is 660. The number of aromatic nitrogens is 1. The summed E-state index contributed by atoms with van der Waals surface area (Å²) in [5, 5.41) is 3.33. The number of carbonyl (C=O) groups excluding carboxylic acids is 1. The highest BCUT2D eigenvalue weighted by atomic mass is 16.5. The van der Waals surface area contributed by atoms with Gasteiger partial charge >= 0.3 is 5.97 Å². The van der Waals surface area contributed by atoms with Crippen LogP contribution in [0, 0.1) is 0 Å². The Kier molecular flexibility index (Phi) is 3.48. The fourth-order valence-corrected chi connectivity index (χ4v) is 2.72. The van der Waals surface area contributed by atoms with E-state index in [1.807, 2.05) is 12.1 Å². The minimum absolute atomic E-state index is 0.224. The molecule has 0 aliphatic heterocycles. The van der Waals surface area contributed by atoms with E-state index in [1.54, 1.807) is 6.07 Å². The first kappa shape index (κ1) is 13.4. The molecule has 0 saturated heterocycles. The Labute approximate surface area is 123 Å². The minimum Gasteiger partial charge on any atom is -0.465 e. The van der Waals surface area contributed by atoms with Crippen LogP contribution < -0.4 is 11.1 Å². The van der Waals surface area contributed by atoms with Crippen molar-refractivity contribution < 1.29 is 9.53 Å². The minimum atomic E-state index is -0.437. The number of ether oxygens (including phenoxy) is 1. The highest BCUT2D eigenvalue weighted by Crippen LogP contribution is 2.25. The molecule has 1 aromatic carbocycles. The summed E-state index contributed by atoms with van der Waals surface area (Å²) in [4.78, 5) is 16.1. The van der Waals surface area contributed by atoms with E-state index in [0.717, 1.165) is 12.8 Å². The SMILES string of the molecule is COC(=O)c1cc(N)cnc1NC1Cc2ccccc2C1. The second kappa shape index (κ2) is 5.44. The highest BCUT2D eigenvalue weighted by molar-refractivity contribution is 5.95. The number of nitrogen functional groups attached to an aromatic ring is 1. The molecular formula is C16H17N3O2. The van der Waals surface area contributed by atoms with Crippen molar-refractivity contribution in [1.82, 2.24) is 4.98 Å². The maximum Gasteiger partial charge on any atom is 0.341 e. The average Bonchev–Trinajstić information content (AvgIpc) is 2.90. The van der Waals surface area contributed by atoms with Gasteiger partial charge in [-0.3, -0.25) is 0 Å². The molecule has 3 rings (SSSR count). The predicted molar refractivity (Wildman–Crippen MR) is 81.2 cm³/mol. The van der Waals surface area contributed by atoms with E-state index >= 15 is 0 Å². The third-order valence-corrected chi connectivity index (χ3v) is 3.71. The molecule has 0 atom stereocenters. The van der Waals surface area contributed by atoms with Gasteiger partial charge in [0.1, 0.15) is 11.4 Å². The normalized spacial score (nSPS) is 13.8. The van der Waals surface area contributed by atoms with Crippen molar-refractivity contribution in [2.75, 3.05) is 18.2 Å². The molecule has 21 heavy (non-hydrogen) atoms. The lowest BCUT2D eigenvalue weighted by molar-refractivity contribution is 0.0601. The molecule has 5 heteroatoms. The number of fused-ring (bicyclic) bond motifs is 1. The number of nitrogens with one attached hydrogen (secondary N) is 1. The molecule has 1 aliphatic rings. The topological polar surface area (TPSA) is 77.2 Å². The molecule has 1 heterocycles. The lowest BCUT2D eigenvalue weighted by atomic mass is 10.1. The second-order valence-corrected chi connectivity index (χ2v) is 5.17. The van der Waals surface area contributed by atoms with Gasteiger partial charge in [0.2, 0.25) is 0 Å². The van der Waals surface area contributed by atoms with Crippen LogP contribution in [0.4, 0.5) is 11.5 Å². The monoisotopic (exact) mass is 283 g/mol. The molecule has 0 radical (unpaired) electrons. The van der Waals surface area contributed by atoms with Gasteiger partial charge in [0.15, 0.2) is 0 Å². The van der Waals surface area contributed by atoms with E-state index in [2.05, 4.69) is 22.4 Å². The van der Waals surface area contributed by atoms with Gasteiger partial charge in [-0.2, -0.15) is 0 Å². The van der Waals surface area contributed by atoms with Gasteiger partial charge in [-0.15, -0.1) is 0 Å². The number of hydrogen-bond acceptors (Lipinski definition) is 5. The molecule has 0 bridgehead atoms. The van der Waals surface area contributed by atoms with Crippen LogP contribution in [0.2, 0.25) is 0 Å². The van der Waals surface area contributed by atoms with Crippen LogP contribution in [-0.2, 0) is 17.6 Å². The van der Waals surface area contributed by atoms with Crippen molar-refractivity contribution >= 4 is 17.5 Å². The molecule has 0 spiro atoms. The lowest BCUT2D eigenvalue weighted by Crippen LogP contribution is -2.22. The highest BCUT2D eigenvalue weighted by Gasteiger charge is 2.23. The predicted octanol–water partition coefficient (Wildman–Crippen LogP) is 2.03. The van der Waals surface area contributed by atoms with Crippen LogP contribution in [0.5, 0.6) is 0 Å². The smallest absolute Gasteiger partial charge is 0.341 e. The third kappa shape index (κ3) is 2.67. The number of pyridine rings is 1. The van der Waals surface area contributed by atoms with Gasteiger partial charge in [-0.25, -0.2) is 9.78 Å². The standard InChI is InChI=1S/C16H17N3O2/c1-21-16(20)14-8-12(17)9-18-15(14)19-13-6-10-4-2-3-5-11(10)7-13/h2-5,8-9,13H,6-7,17H2,1H3,(H,18,19). The Balaban J connectivity index is 1.82. The van der Waals surface area contributed by atoms with Gasteiger partial charge < -0.3 is 15.8 Å². The number of esters is 1. The molecule has 0 unspecified atom stereocenters. The van der Waals surface area contributed by atoms with Crippen molar-refractivity contribution in [1.29, 1.82) is 0 Å². The molecule has 1 aliphatic carbocycles. The number of nitrogens with zero attached hydrogens (tertiary/aromatic N) is 1. The van der Waals surface area contributed by atoms with Gasteiger partial charge in [-0.05, 0) is 30.0 Å². The Morgan fingerprint density at radius 3 is 2.62 bits per heavy atom. The van der Waals surface area contributed by atoms with Crippen molar-refractivity contribution in [2.24, 2.45) is 0 Å². The zero-order chi connectivity index (χ0) is 14.8. The first-order valence-corrected chi connectivity index (χ1v) is 6.84. The van der Waals surface area contributed by atoms with E-state index < -0.39 is 5.97 Å². The Morgan fingerprint density at radius 2 is 2.00 bits per heavy atom. The van der Waals surface area contributed by atoms with Gasteiger partial charge in [-0.1, -0.05) is 24.3 Å². The van der Waals surface area contributed by atoms with Crippen LogP contribution in [0.1, 0.15) is 21.5 Å². The molecular weight excluding hydrogens is 266 g/mol. The summed E-state index contributed by atoms with van der Waals surface area (Å²) in [7, 11) is 1.35. The summed E-state index contributed by atoms with van der Waals surface area (Å²) in [5.74, 6) is 0.0849. The molecule has 1 aromatic heterocycles. The van der Waals surface area contributed by atoms with Crippen molar-refractivity contribution in [3.63, 3.8) is 0 Å². The van der Waals surface area contributed by atoms with E-state index in [9.17, 15) is 4.79 Å². The van der Waals surface area contributed by atoms with E-state index in [4.69, 9.17) is 10.5 Å². The number of anilines is 2. The molecule has 2 aromatic rings. The maximum absolute atomic E-state index is 11.8. The van der Waals surface area contributed by atoms with E-state index in [0.29, 0.717) is 17.1 Å². The van der Waals surface area contributed by atoms with Crippen LogP contribution >= 0.6 is 0 Å². The van der Waals surface area contributed by atoms with Crippen molar-refractivity contribution in [3.05, 3.63) is 53.2 Å². The zero-order valence-electron chi connectivity index (χ0n) is 11.8. The summed E-state index contributed by atoms with van der Waals surface area (Å²) in [6.07, 6.45) is 3.38. The van der Waals surface area contributed by atoms with Crippen LogP contribution in [0.3, 0.4) is 0 Å². The fraction of sp³-hybridized carbons (Fsp3) is 0.250. The lowest BCUT2D eigenvalue weighted by Gasteiger charge is -2.15. The van der Waals surface area contributed by atoms with E-state index in [1.165, 1.54) is 24.4 Å². The van der Waals surface area contributed by atoms with Crippen LogP contribution in [0.15, 0.2) is 36.5 Å². The number of nitrogens with two attached hydrogens (primary N) is 1. The first-order chi connectivity index (χ1) is 10.2. The Hall–Kier alpha value is -2.56. The largest absolute Gasteiger partial charge is 0.465 e. The number of rotatable bonds is 3. The summed E-state index contributed by atoms with van der Waals surface area (Å²) in [5.41, 5.74) is 9.18. The number of methoxy groups -OCH3 is 1. The van der Waals surface area contributed by atoms with Crippen molar-refractivity contribution in [3.8, 4) is 0 Å². The maximum atomic E-state index is 11.8. The molecule has 108 valence electrons. The number of benzene rings is 1. The molecule has 3 N–H and O–H groups in total. The third-order valence-electron chi connectivity index (χ3n) is 3.71. The number of carbonyl (C=O) groups is 1. The quantitative estimate of drug-likeness (QED) is 0.843. The molecule has 5 nitrogen and oxygen atoms in total. The Morgan fingerprint density at radius 1 is 1.33 bits per heavy atom.